The highest BCUT2D eigenvalue weighted by molar-refractivity contribution is 4.93. The zero-order valence-electron chi connectivity index (χ0n) is 9.82. The molecule has 1 aliphatic rings. The summed E-state index contributed by atoms with van der Waals surface area (Å²) in [5.41, 5.74) is -0.448. The lowest BCUT2D eigenvalue weighted by molar-refractivity contribution is -0.127. The van der Waals surface area contributed by atoms with Gasteiger partial charge in [0.25, 0.3) is 5.92 Å². The molecule has 0 bridgehead atoms. The zero-order chi connectivity index (χ0) is 11.2. The van der Waals surface area contributed by atoms with E-state index in [1.165, 1.54) is 0 Å². The van der Waals surface area contributed by atoms with Crippen LogP contribution in [0.25, 0.3) is 0 Å². The molecule has 3 heteroatoms. The van der Waals surface area contributed by atoms with Gasteiger partial charge in [0.2, 0.25) is 0 Å². The van der Waals surface area contributed by atoms with E-state index in [0.717, 1.165) is 6.54 Å². The van der Waals surface area contributed by atoms with Crippen LogP contribution in [0.4, 0.5) is 8.78 Å². The smallest absolute Gasteiger partial charge is 0.261 e. The van der Waals surface area contributed by atoms with Gasteiger partial charge in [-0.3, -0.25) is 4.90 Å². The van der Waals surface area contributed by atoms with E-state index in [1.54, 1.807) is 0 Å². The second kappa shape index (κ2) is 3.16. The number of rotatable bonds is 0. The molecule has 0 atom stereocenters. The summed E-state index contributed by atoms with van der Waals surface area (Å²) in [5.74, 6) is -2.53. The Bertz CT molecular complexity index is 200. The van der Waals surface area contributed by atoms with E-state index in [-0.39, 0.29) is 23.9 Å². The second-order valence-electron chi connectivity index (χ2n) is 6.22. The maximum atomic E-state index is 13.4. The minimum absolute atomic E-state index is 0.00653. The van der Waals surface area contributed by atoms with E-state index in [2.05, 4.69) is 0 Å². The van der Waals surface area contributed by atoms with E-state index < -0.39 is 5.92 Å². The van der Waals surface area contributed by atoms with Crippen LogP contribution in [0.2, 0.25) is 0 Å². The maximum Gasteiger partial charge on any atom is 0.261 e. The molecule has 0 unspecified atom stereocenters. The third-order valence-electron chi connectivity index (χ3n) is 2.73. The standard InChI is InChI=1S/C11H21F2N/c1-9(2,3)14-7-10(4,5)6-11(12,13)8-14/h6-8H2,1-5H3. The molecule has 1 saturated heterocycles. The molecule has 0 aliphatic carbocycles. The zero-order valence-corrected chi connectivity index (χ0v) is 9.82. The first-order valence-corrected chi connectivity index (χ1v) is 5.15. The minimum atomic E-state index is -2.53. The number of hydrogen-bond donors (Lipinski definition) is 0. The van der Waals surface area contributed by atoms with Crippen molar-refractivity contribution >= 4 is 0 Å². The highest BCUT2D eigenvalue weighted by Crippen LogP contribution is 2.40. The van der Waals surface area contributed by atoms with Gasteiger partial charge in [-0.05, 0) is 26.2 Å². The van der Waals surface area contributed by atoms with Crippen LogP contribution >= 0.6 is 0 Å². The fraction of sp³-hybridized carbons (Fsp3) is 1.00. The Balaban J connectivity index is 2.82. The molecule has 0 N–H and O–H groups in total. The highest BCUT2D eigenvalue weighted by Gasteiger charge is 2.46. The van der Waals surface area contributed by atoms with Crippen molar-refractivity contribution in [2.75, 3.05) is 13.1 Å². The van der Waals surface area contributed by atoms with Crippen LogP contribution in [0.3, 0.4) is 0 Å². The number of alkyl halides is 2. The highest BCUT2D eigenvalue weighted by atomic mass is 19.3. The van der Waals surface area contributed by atoms with E-state index in [9.17, 15) is 8.78 Å². The molecule has 0 spiro atoms. The number of piperidine rings is 1. The van der Waals surface area contributed by atoms with Crippen LogP contribution < -0.4 is 0 Å². The van der Waals surface area contributed by atoms with Crippen molar-refractivity contribution in [3.8, 4) is 0 Å². The van der Waals surface area contributed by atoms with Crippen molar-refractivity contribution in [3.05, 3.63) is 0 Å². The molecule has 1 fully saturated rings. The quantitative estimate of drug-likeness (QED) is 0.587. The Morgan fingerprint density at radius 3 is 1.93 bits per heavy atom. The molecular weight excluding hydrogens is 184 g/mol. The van der Waals surface area contributed by atoms with Crippen molar-refractivity contribution in [2.45, 2.75) is 52.5 Å². The molecule has 0 radical (unpaired) electrons. The Labute approximate surface area is 85.5 Å². The predicted octanol–water partition coefficient (Wildman–Crippen LogP) is 3.15. The summed E-state index contributed by atoms with van der Waals surface area (Å²) < 4.78 is 26.9. The summed E-state index contributed by atoms with van der Waals surface area (Å²) in [7, 11) is 0. The summed E-state index contributed by atoms with van der Waals surface area (Å²) in [4.78, 5) is 1.89. The molecule has 14 heavy (non-hydrogen) atoms. The van der Waals surface area contributed by atoms with Gasteiger partial charge in [0.05, 0.1) is 6.54 Å². The largest absolute Gasteiger partial charge is 0.292 e. The predicted molar refractivity (Wildman–Crippen MR) is 54.7 cm³/mol. The Kier molecular flexibility index (Phi) is 2.68. The Morgan fingerprint density at radius 1 is 1.07 bits per heavy atom. The first-order valence-electron chi connectivity index (χ1n) is 5.15. The van der Waals surface area contributed by atoms with Gasteiger partial charge in [0.15, 0.2) is 0 Å². The third kappa shape index (κ3) is 2.91. The lowest BCUT2D eigenvalue weighted by Crippen LogP contribution is -2.56. The van der Waals surface area contributed by atoms with Gasteiger partial charge >= 0.3 is 0 Å². The lowest BCUT2D eigenvalue weighted by Gasteiger charge is -2.48. The summed E-state index contributed by atoms with van der Waals surface area (Å²) in [6.45, 7) is 10.5. The van der Waals surface area contributed by atoms with Crippen LogP contribution in [0.15, 0.2) is 0 Å². The number of hydrogen-bond acceptors (Lipinski definition) is 1. The minimum Gasteiger partial charge on any atom is -0.292 e. The van der Waals surface area contributed by atoms with Crippen LogP contribution in [-0.2, 0) is 0 Å². The molecule has 1 aliphatic heterocycles. The average Bonchev–Trinajstić information content (AvgIpc) is 1.76. The number of likely N-dealkylation sites (tertiary alicyclic amines) is 1. The third-order valence-corrected chi connectivity index (χ3v) is 2.73. The maximum absolute atomic E-state index is 13.4. The summed E-state index contributed by atoms with van der Waals surface area (Å²) >= 11 is 0. The van der Waals surface area contributed by atoms with Gasteiger partial charge in [-0.1, -0.05) is 13.8 Å². The molecule has 1 rings (SSSR count). The lowest BCUT2D eigenvalue weighted by atomic mass is 9.80. The Morgan fingerprint density at radius 2 is 1.57 bits per heavy atom. The van der Waals surface area contributed by atoms with Crippen molar-refractivity contribution in [2.24, 2.45) is 5.41 Å². The van der Waals surface area contributed by atoms with Gasteiger partial charge in [0, 0.05) is 18.5 Å². The first-order chi connectivity index (χ1) is 6.02. The normalized spacial score (nSPS) is 27.6. The van der Waals surface area contributed by atoms with Crippen LogP contribution in [0, 0.1) is 5.41 Å². The van der Waals surface area contributed by atoms with Gasteiger partial charge in [0.1, 0.15) is 0 Å². The van der Waals surface area contributed by atoms with E-state index >= 15 is 0 Å². The summed E-state index contributed by atoms with van der Waals surface area (Å²) in [6.07, 6.45) is 0.00653. The number of nitrogens with zero attached hydrogens (tertiary/aromatic N) is 1. The number of halogens is 2. The van der Waals surface area contributed by atoms with Crippen molar-refractivity contribution in [1.82, 2.24) is 4.90 Å². The molecular formula is C11H21F2N. The van der Waals surface area contributed by atoms with Crippen molar-refractivity contribution in [3.63, 3.8) is 0 Å². The molecule has 0 amide bonds. The first kappa shape index (κ1) is 11.9. The fourth-order valence-electron chi connectivity index (χ4n) is 2.14. The van der Waals surface area contributed by atoms with E-state index in [0.29, 0.717) is 0 Å². The van der Waals surface area contributed by atoms with Crippen molar-refractivity contribution < 1.29 is 8.78 Å². The topological polar surface area (TPSA) is 3.24 Å². The second-order valence-corrected chi connectivity index (χ2v) is 6.22. The van der Waals surface area contributed by atoms with Crippen LogP contribution in [-0.4, -0.2) is 29.5 Å². The molecule has 1 heterocycles. The molecule has 0 saturated carbocycles. The van der Waals surface area contributed by atoms with Crippen LogP contribution in [0.1, 0.15) is 41.0 Å². The van der Waals surface area contributed by atoms with Gasteiger partial charge in [-0.2, -0.15) is 0 Å². The molecule has 0 aromatic rings. The fourth-order valence-corrected chi connectivity index (χ4v) is 2.14. The molecule has 0 aromatic carbocycles. The molecule has 1 nitrogen and oxygen atoms in total. The van der Waals surface area contributed by atoms with E-state index in [1.807, 2.05) is 39.5 Å². The molecule has 84 valence electrons. The van der Waals surface area contributed by atoms with Gasteiger partial charge < -0.3 is 0 Å². The Hall–Kier alpha value is -0.180. The van der Waals surface area contributed by atoms with Gasteiger partial charge in [-0.25, -0.2) is 8.78 Å². The van der Waals surface area contributed by atoms with Gasteiger partial charge in [-0.15, -0.1) is 0 Å². The van der Waals surface area contributed by atoms with Crippen molar-refractivity contribution in [1.29, 1.82) is 0 Å². The monoisotopic (exact) mass is 205 g/mol. The summed E-state index contributed by atoms with van der Waals surface area (Å²) in [6, 6.07) is 0. The molecule has 0 aromatic heterocycles. The van der Waals surface area contributed by atoms with E-state index in [4.69, 9.17) is 0 Å². The SMILES string of the molecule is CC1(C)CN(C(C)(C)C)CC(F)(F)C1. The summed E-state index contributed by atoms with van der Waals surface area (Å²) in [5, 5.41) is 0. The van der Waals surface area contributed by atoms with Crippen LogP contribution in [0.5, 0.6) is 0 Å². The average molecular weight is 205 g/mol.